The van der Waals surface area contributed by atoms with E-state index in [0.29, 0.717) is 6.54 Å². The van der Waals surface area contributed by atoms with Crippen molar-refractivity contribution in [2.75, 3.05) is 67.6 Å². The lowest BCUT2D eigenvalue weighted by Gasteiger charge is -2.33. The zero-order valence-corrected chi connectivity index (χ0v) is 16.5. The van der Waals surface area contributed by atoms with Crippen LogP contribution in [-0.4, -0.2) is 83.0 Å². The van der Waals surface area contributed by atoms with Crippen LogP contribution in [0.5, 0.6) is 0 Å². The van der Waals surface area contributed by atoms with Gasteiger partial charge < -0.3 is 19.6 Å². The summed E-state index contributed by atoms with van der Waals surface area (Å²) in [6.45, 7) is 7.48. The number of hydrogen-bond donors (Lipinski definition) is 0. The van der Waals surface area contributed by atoms with Crippen LogP contribution in [-0.2, 0) is 4.79 Å². The van der Waals surface area contributed by atoms with E-state index in [2.05, 4.69) is 29.1 Å². The molecule has 27 heavy (non-hydrogen) atoms. The molecule has 2 aliphatic heterocycles. The number of carbonyl (C=O) groups is 1. The molecule has 0 atom stereocenters. The van der Waals surface area contributed by atoms with E-state index in [4.69, 9.17) is 0 Å². The molecule has 2 saturated heterocycles. The van der Waals surface area contributed by atoms with Crippen molar-refractivity contribution in [3.8, 4) is 0 Å². The molecular weight excluding hydrogens is 364 g/mol. The van der Waals surface area contributed by atoms with Gasteiger partial charge in [0.2, 0.25) is 11.0 Å². The number of carbonyl (C=O) groups excluding carboxylic acids is 1. The molecule has 0 spiro atoms. The minimum Gasteiger partial charge on any atom is -0.355 e. The van der Waals surface area contributed by atoms with E-state index in [1.54, 1.807) is 11.2 Å². The summed E-state index contributed by atoms with van der Waals surface area (Å²) in [4.78, 5) is 33.8. The number of aromatic nitrogens is 4. The average molecular weight is 389 g/mol. The fourth-order valence-electron chi connectivity index (χ4n) is 3.39. The van der Waals surface area contributed by atoms with Crippen LogP contribution in [0.2, 0.25) is 0 Å². The van der Waals surface area contributed by atoms with E-state index in [9.17, 15) is 4.79 Å². The van der Waals surface area contributed by atoms with Gasteiger partial charge in [-0.2, -0.15) is 4.37 Å². The highest BCUT2D eigenvalue weighted by molar-refractivity contribution is 7.09. The van der Waals surface area contributed by atoms with Crippen molar-refractivity contribution in [3.05, 3.63) is 18.2 Å². The fourth-order valence-corrected chi connectivity index (χ4v) is 4.12. The Hall–Kier alpha value is -2.49. The summed E-state index contributed by atoms with van der Waals surface area (Å²) >= 11 is 1.46. The summed E-state index contributed by atoms with van der Waals surface area (Å²) < 4.78 is 4.29. The van der Waals surface area contributed by atoms with E-state index in [1.807, 2.05) is 24.9 Å². The largest absolute Gasteiger partial charge is 0.355 e. The average Bonchev–Trinajstić information content (AvgIpc) is 2.96. The minimum atomic E-state index is 0.124. The van der Waals surface area contributed by atoms with Crippen LogP contribution in [0, 0.1) is 6.92 Å². The van der Waals surface area contributed by atoms with Crippen LogP contribution in [0.3, 0.4) is 0 Å². The van der Waals surface area contributed by atoms with Crippen molar-refractivity contribution in [2.45, 2.75) is 13.3 Å². The van der Waals surface area contributed by atoms with Gasteiger partial charge in [0.05, 0.1) is 6.54 Å². The maximum absolute atomic E-state index is 12.0. The van der Waals surface area contributed by atoms with Gasteiger partial charge in [-0.25, -0.2) is 15.0 Å². The van der Waals surface area contributed by atoms with Gasteiger partial charge in [-0.1, -0.05) is 0 Å². The molecule has 1 amide bonds. The molecule has 4 heterocycles. The van der Waals surface area contributed by atoms with Crippen molar-refractivity contribution >= 4 is 34.2 Å². The van der Waals surface area contributed by atoms with Gasteiger partial charge in [-0.15, -0.1) is 0 Å². The maximum atomic E-state index is 12.0. The smallest absolute Gasteiger partial charge is 0.241 e. The normalized spacial score (nSPS) is 18.8. The van der Waals surface area contributed by atoms with E-state index >= 15 is 0 Å². The number of likely N-dealkylation sites (N-methyl/N-ethyl adjacent to an activating group) is 1. The highest BCUT2D eigenvalue weighted by Gasteiger charge is 2.24. The van der Waals surface area contributed by atoms with E-state index in [0.717, 1.165) is 68.3 Å². The molecule has 0 unspecified atom stereocenters. The molecular formula is C17H24N8OS. The number of nitrogens with zero attached hydrogens (tertiary/aromatic N) is 8. The summed E-state index contributed by atoms with van der Waals surface area (Å²) in [5.41, 5.74) is 0. The molecule has 2 aromatic heterocycles. The predicted molar refractivity (Wildman–Crippen MR) is 106 cm³/mol. The standard InChI is InChI=1S/C17H24N8OS/c1-13-20-17(27-21-13)24-5-3-4-23(8-9-24)14-10-15(19-12-18-14)25-7-6-22(2)16(26)11-25/h10,12H,3-9,11H2,1-2H3. The number of aryl methyl sites for hydroxylation is 1. The summed E-state index contributed by atoms with van der Waals surface area (Å²) in [5.74, 6) is 2.70. The molecule has 0 aliphatic carbocycles. The van der Waals surface area contributed by atoms with E-state index < -0.39 is 0 Å². The summed E-state index contributed by atoms with van der Waals surface area (Å²) in [5, 5.41) is 0.994. The molecule has 2 aromatic rings. The second-order valence-corrected chi connectivity index (χ2v) is 7.65. The maximum Gasteiger partial charge on any atom is 0.241 e. The minimum absolute atomic E-state index is 0.124. The first-order chi connectivity index (χ1) is 13.1. The zero-order valence-electron chi connectivity index (χ0n) is 15.7. The number of piperazine rings is 1. The first kappa shape index (κ1) is 17.9. The predicted octanol–water partition coefficient (Wildman–Crippen LogP) is 0.632. The molecule has 2 aliphatic rings. The van der Waals surface area contributed by atoms with Crippen LogP contribution in [0.25, 0.3) is 0 Å². The van der Waals surface area contributed by atoms with Gasteiger partial charge in [-0.3, -0.25) is 4.79 Å². The molecule has 2 fully saturated rings. The summed E-state index contributed by atoms with van der Waals surface area (Å²) in [6, 6.07) is 2.00. The fraction of sp³-hybridized carbons (Fsp3) is 0.588. The Morgan fingerprint density at radius 3 is 2.41 bits per heavy atom. The van der Waals surface area contributed by atoms with Gasteiger partial charge in [-0.05, 0) is 13.3 Å². The number of anilines is 3. The molecule has 0 saturated carbocycles. The second-order valence-electron chi connectivity index (χ2n) is 6.92. The highest BCUT2D eigenvalue weighted by atomic mass is 32.1. The molecule has 10 heteroatoms. The Morgan fingerprint density at radius 1 is 0.963 bits per heavy atom. The molecule has 0 N–H and O–H groups in total. The monoisotopic (exact) mass is 388 g/mol. The third-order valence-electron chi connectivity index (χ3n) is 5.03. The first-order valence-corrected chi connectivity index (χ1v) is 9.98. The van der Waals surface area contributed by atoms with Crippen LogP contribution >= 0.6 is 11.5 Å². The van der Waals surface area contributed by atoms with Crippen LogP contribution < -0.4 is 14.7 Å². The lowest BCUT2D eigenvalue weighted by Crippen LogP contribution is -2.48. The molecule has 0 bridgehead atoms. The molecule has 4 rings (SSSR count). The lowest BCUT2D eigenvalue weighted by atomic mass is 10.3. The van der Waals surface area contributed by atoms with Crippen molar-refractivity contribution in [1.29, 1.82) is 0 Å². The summed E-state index contributed by atoms with van der Waals surface area (Å²) in [7, 11) is 1.84. The van der Waals surface area contributed by atoms with Crippen molar-refractivity contribution in [2.24, 2.45) is 0 Å². The number of hydrogen-bond acceptors (Lipinski definition) is 9. The highest BCUT2D eigenvalue weighted by Crippen LogP contribution is 2.23. The quantitative estimate of drug-likeness (QED) is 0.757. The Labute approximate surface area is 162 Å². The second kappa shape index (κ2) is 7.63. The Balaban J connectivity index is 1.45. The Kier molecular flexibility index (Phi) is 5.06. The van der Waals surface area contributed by atoms with Crippen LogP contribution in [0.15, 0.2) is 12.4 Å². The van der Waals surface area contributed by atoms with Crippen molar-refractivity contribution in [3.63, 3.8) is 0 Å². The molecule has 0 radical (unpaired) electrons. The van der Waals surface area contributed by atoms with Crippen LogP contribution in [0.1, 0.15) is 12.2 Å². The molecule has 144 valence electrons. The van der Waals surface area contributed by atoms with Gasteiger partial charge in [0.25, 0.3) is 0 Å². The summed E-state index contributed by atoms with van der Waals surface area (Å²) in [6.07, 6.45) is 2.63. The van der Waals surface area contributed by atoms with Crippen molar-refractivity contribution in [1.82, 2.24) is 24.2 Å². The van der Waals surface area contributed by atoms with Gasteiger partial charge in [0.1, 0.15) is 23.8 Å². The van der Waals surface area contributed by atoms with E-state index in [1.165, 1.54) is 11.5 Å². The van der Waals surface area contributed by atoms with Crippen LogP contribution in [0.4, 0.5) is 16.8 Å². The third kappa shape index (κ3) is 3.95. The van der Waals surface area contributed by atoms with Crippen molar-refractivity contribution < 1.29 is 4.79 Å². The number of rotatable bonds is 3. The topological polar surface area (TPSA) is 81.6 Å². The van der Waals surface area contributed by atoms with E-state index in [-0.39, 0.29) is 5.91 Å². The third-order valence-corrected chi connectivity index (χ3v) is 5.89. The van der Waals surface area contributed by atoms with Gasteiger partial charge in [0.15, 0.2) is 0 Å². The first-order valence-electron chi connectivity index (χ1n) is 9.21. The number of amides is 1. The molecule has 9 nitrogen and oxygen atoms in total. The zero-order chi connectivity index (χ0) is 18.8. The Morgan fingerprint density at radius 2 is 1.67 bits per heavy atom. The Bertz CT molecular complexity index is 812. The molecule has 0 aromatic carbocycles. The van der Waals surface area contributed by atoms with Gasteiger partial charge >= 0.3 is 0 Å². The lowest BCUT2D eigenvalue weighted by molar-refractivity contribution is -0.129. The van der Waals surface area contributed by atoms with Gasteiger partial charge in [0, 0.05) is 63.9 Å². The SMILES string of the molecule is Cc1nsc(N2CCCN(c3cc(N4CCN(C)C(=O)C4)ncn3)CC2)n1.